The third kappa shape index (κ3) is 4.27. The maximum atomic E-state index is 13.0. The molecule has 6 rings (SSSR count). The van der Waals surface area contributed by atoms with E-state index in [1.165, 1.54) is 4.68 Å². The summed E-state index contributed by atoms with van der Waals surface area (Å²) in [5.41, 5.74) is 2.80. The van der Waals surface area contributed by atoms with Gasteiger partial charge in [0.1, 0.15) is 11.6 Å². The number of aryl methyl sites for hydroxylation is 1. The fourth-order valence-electron chi connectivity index (χ4n) is 4.62. The molecular formula is C26H26N8O3S. The van der Waals surface area contributed by atoms with Gasteiger partial charge in [-0.1, -0.05) is 17.7 Å². The van der Waals surface area contributed by atoms with Crippen molar-refractivity contribution in [1.82, 2.24) is 29.9 Å². The van der Waals surface area contributed by atoms with E-state index in [0.29, 0.717) is 28.1 Å². The lowest BCUT2D eigenvalue weighted by Gasteiger charge is -2.29. The van der Waals surface area contributed by atoms with Gasteiger partial charge < -0.3 is 15.0 Å². The highest BCUT2D eigenvalue weighted by Gasteiger charge is 2.22. The van der Waals surface area contributed by atoms with Crippen LogP contribution in [0.5, 0.6) is 5.75 Å². The molecular weight excluding hydrogens is 504 g/mol. The summed E-state index contributed by atoms with van der Waals surface area (Å²) >= 11 is 0. The number of aromatic nitrogens is 5. The van der Waals surface area contributed by atoms with Crippen molar-refractivity contribution in [2.75, 3.05) is 43.0 Å². The van der Waals surface area contributed by atoms with Crippen LogP contribution in [0, 0.1) is 6.92 Å². The second-order valence-corrected chi connectivity index (χ2v) is 10.7. The average Bonchev–Trinajstić information content (AvgIpc) is 3.35. The van der Waals surface area contributed by atoms with E-state index in [9.17, 15) is 8.42 Å². The topological polar surface area (TPSA) is 127 Å². The molecule has 5 aromatic rings. The Morgan fingerprint density at radius 1 is 1.03 bits per heavy atom. The predicted molar refractivity (Wildman–Crippen MR) is 145 cm³/mol. The second kappa shape index (κ2) is 9.54. The van der Waals surface area contributed by atoms with E-state index in [1.54, 1.807) is 62.2 Å². The summed E-state index contributed by atoms with van der Waals surface area (Å²) in [6.45, 7) is 5.18. The fourth-order valence-corrected chi connectivity index (χ4v) is 5.63. The van der Waals surface area contributed by atoms with Gasteiger partial charge in [0.2, 0.25) is 0 Å². The lowest BCUT2D eigenvalue weighted by molar-refractivity contribution is 0.418. The number of piperazine rings is 1. The third-order valence-electron chi connectivity index (χ3n) is 6.57. The van der Waals surface area contributed by atoms with Crippen LogP contribution in [0.15, 0.2) is 66.1 Å². The van der Waals surface area contributed by atoms with Gasteiger partial charge in [-0.15, -0.1) is 0 Å². The molecule has 0 spiro atoms. The zero-order chi connectivity index (χ0) is 26.3. The molecule has 12 heteroatoms. The number of hydrogen-bond donors (Lipinski definition) is 2. The lowest BCUT2D eigenvalue weighted by atomic mass is 10.1. The summed E-state index contributed by atoms with van der Waals surface area (Å²) in [5, 5.41) is 4.89. The number of nitrogens with zero attached hydrogens (tertiary/aromatic N) is 6. The molecule has 2 N–H and O–H groups in total. The van der Waals surface area contributed by atoms with Gasteiger partial charge in [0.25, 0.3) is 10.0 Å². The zero-order valence-electron chi connectivity index (χ0n) is 20.9. The Morgan fingerprint density at radius 2 is 1.82 bits per heavy atom. The van der Waals surface area contributed by atoms with Crippen LogP contribution in [-0.4, -0.2) is 66.3 Å². The molecule has 11 nitrogen and oxygen atoms in total. The first kappa shape index (κ1) is 24.1. The highest BCUT2D eigenvalue weighted by Crippen LogP contribution is 2.35. The molecule has 0 saturated carbocycles. The first-order chi connectivity index (χ1) is 18.4. The molecule has 1 aliphatic rings. The number of nitrogens with one attached hydrogen (secondary N) is 2. The highest BCUT2D eigenvalue weighted by molar-refractivity contribution is 7.92. The number of benzene rings is 1. The Bertz CT molecular complexity index is 1750. The standard InChI is InChI=1S/C26H26N8O3S/c1-17-3-5-18(6-4-17)38(35,36)32-34-12-8-20-19(7-9-29-25(20)34)24-30-21-15-28-16-22(37-2)23(21)26(31-24)33-13-10-27-11-14-33/h3-9,12,15-16,27,32H,10-11,13-14H2,1-2H3. The molecule has 0 unspecified atom stereocenters. The zero-order valence-corrected chi connectivity index (χ0v) is 21.7. The van der Waals surface area contributed by atoms with Gasteiger partial charge in [-0.25, -0.2) is 24.5 Å². The average molecular weight is 531 g/mol. The number of anilines is 1. The number of fused-ring (bicyclic) bond motifs is 2. The number of rotatable bonds is 6. The van der Waals surface area contributed by atoms with Gasteiger partial charge >= 0.3 is 0 Å². The largest absolute Gasteiger partial charge is 0.494 e. The quantitative estimate of drug-likeness (QED) is 0.341. The molecule has 194 valence electrons. The summed E-state index contributed by atoms with van der Waals surface area (Å²) in [6, 6.07) is 10.3. The Labute approximate surface area is 219 Å². The van der Waals surface area contributed by atoms with Crippen LogP contribution in [0.1, 0.15) is 5.56 Å². The fraction of sp³-hybridized carbons (Fsp3) is 0.231. The minimum Gasteiger partial charge on any atom is -0.494 e. The maximum Gasteiger partial charge on any atom is 0.275 e. The Balaban J connectivity index is 1.46. The van der Waals surface area contributed by atoms with E-state index in [4.69, 9.17) is 14.7 Å². The molecule has 1 fully saturated rings. The summed E-state index contributed by atoms with van der Waals surface area (Å²) < 4.78 is 33.0. The third-order valence-corrected chi connectivity index (χ3v) is 7.90. The minimum atomic E-state index is -3.82. The van der Waals surface area contributed by atoms with Crippen molar-refractivity contribution >= 4 is 37.8 Å². The lowest BCUT2D eigenvalue weighted by Crippen LogP contribution is -2.44. The molecule has 0 aliphatic carbocycles. The molecule has 0 amide bonds. The minimum absolute atomic E-state index is 0.168. The maximum absolute atomic E-state index is 13.0. The van der Waals surface area contributed by atoms with E-state index in [0.717, 1.165) is 48.5 Å². The van der Waals surface area contributed by atoms with Crippen LogP contribution >= 0.6 is 0 Å². The van der Waals surface area contributed by atoms with Gasteiger partial charge in [-0.2, -0.15) is 8.42 Å². The van der Waals surface area contributed by atoms with Gasteiger partial charge in [0, 0.05) is 49.5 Å². The van der Waals surface area contributed by atoms with E-state index in [-0.39, 0.29) is 4.90 Å². The molecule has 38 heavy (non-hydrogen) atoms. The highest BCUT2D eigenvalue weighted by atomic mass is 32.2. The normalized spacial score (nSPS) is 14.2. The molecule has 0 bridgehead atoms. The van der Waals surface area contributed by atoms with Crippen molar-refractivity contribution in [1.29, 1.82) is 0 Å². The van der Waals surface area contributed by atoms with E-state index in [1.807, 2.05) is 13.0 Å². The molecule has 0 atom stereocenters. The monoisotopic (exact) mass is 530 g/mol. The van der Waals surface area contributed by atoms with Crippen molar-refractivity contribution in [3.05, 3.63) is 66.7 Å². The number of pyridine rings is 2. The van der Waals surface area contributed by atoms with Crippen molar-refractivity contribution in [3.63, 3.8) is 0 Å². The number of hydrogen-bond acceptors (Lipinski definition) is 9. The Morgan fingerprint density at radius 3 is 2.58 bits per heavy atom. The van der Waals surface area contributed by atoms with Crippen LogP contribution in [0.4, 0.5) is 5.82 Å². The van der Waals surface area contributed by atoms with Gasteiger partial charge in [0.05, 0.1) is 35.3 Å². The smallest absolute Gasteiger partial charge is 0.275 e. The van der Waals surface area contributed by atoms with Crippen LogP contribution in [0.2, 0.25) is 0 Å². The number of methoxy groups -OCH3 is 1. The van der Waals surface area contributed by atoms with Crippen LogP contribution < -0.4 is 19.8 Å². The Hall–Kier alpha value is -4.29. The van der Waals surface area contributed by atoms with Crippen molar-refractivity contribution < 1.29 is 13.2 Å². The summed E-state index contributed by atoms with van der Waals surface area (Å²) in [7, 11) is -2.21. The summed E-state index contributed by atoms with van der Waals surface area (Å²) in [5.74, 6) is 1.88. The van der Waals surface area contributed by atoms with Gasteiger partial charge in [-0.05, 0) is 31.2 Å². The van der Waals surface area contributed by atoms with Crippen LogP contribution in [0.3, 0.4) is 0 Å². The number of sulfonamides is 1. The first-order valence-electron chi connectivity index (χ1n) is 12.2. The van der Waals surface area contributed by atoms with Crippen molar-refractivity contribution in [2.45, 2.75) is 11.8 Å². The van der Waals surface area contributed by atoms with Crippen LogP contribution in [-0.2, 0) is 10.0 Å². The Kier molecular flexibility index (Phi) is 6.04. The van der Waals surface area contributed by atoms with Crippen molar-refractivity contribution in [2.24, 2.45) is 0 Å². The molecule has 1 saturated heterocycles. The van der Waals surface area contributed by atoms with Crippen LogP contribution in [0.25, 0.3) is 33.3 Å². The number of ether oxygens (including phenoxy) is 1. The summed E-state index contributed by atoms with van der Waals surface area (Å²) in [6.07, 6.45) is 6.63. The molecule has 4 aromatic heterocycles. The van der Waals surface area contributed by atoms with Gasteiger partial charge in [-0.3, -0.25) is 4.98 Å². The molecule has 5 heterocycles. The molecule has 1 aromatic carbocycles. The van der Waals surface area contributed by atoms with Crippen molar-refractivity contribution in [3.8, 4) is 17.1 Å². The molecule has 0 radical (unpaired) electrons. The first-order valence-corrected chi connectivity index (χ1v) is 13.6. The second-order valence-electron chi connectivity index (χ2n) is 9.03. The SMILES string of the molecule is COc1cncc2nc(-c3ccnc4c3ccn4NS(=O)(=O)c3ccc(C)cc3)nc(N3CCNCC3)c12. The van der Waals surface area contributed by atoms with E-state index < -0.39 is 10.0 Å². The summed E-state index contributed by atoms with van der Waals surface area (Å²) in [4.78, 5) is 23.6. The predicted octanol–water partition coefficient (Wildman–Crippen LogP) is 2.70. The van der Waals surface area contributed by atoms with Gasteiger partial charge in [0.15, 0.2) is 11.5 Å². The molecule has 1 aliphatic heterocycles. The van der Waals surface area contributed by atoms with E-state index >= 15 is 0 Å². The van der Waals surface area contributed by atoms with E-state index in [2.05, 4.69) is 25.0 Å².